The van der Waals surface area contributed by atoms with Crippen LogP contribution in [0.5, 0.6) is 5.75 Å². The first-order valence-electron chi connectivity index (χ1n) is 8.26. The number of amides is 1. The van der Waals surface area contributed by atoms with Gasteiger partial charge in [0, 0.05) is 0 Å². The van der Waals surface area contributed by atoms with E-state index in [1.165, 1.54) is 17.3 Å². The van der Waals surface area contributed by atoms with Gasteiger partial charge in [0.05, 0.1) is 10.6 Å². The Morgan fingerprint density at radius 2 is 1.96 bits per heavy atom. The fourth-order valence-corrected chi connectivity index (χ4v) is 3.32. The average molecular weight is 364 g/mol. The third-order valence-electron chi connectivity index (χ3n) is 3.77. The number of carbonyl (C=O) groups is 1. The van der Waals surface area contributed by atoms with E-state index >= 15 is 0 Å². The Kier molecular flexibility index (Phi) is 5.58. The maximum absolute atomic E-state index is 12.2. The molecule has 4 nitrogen and oxygen atoms in total. The van der Waals surface area contributed by atoms with Crippen LogP contribution in [0.4, 0.5) is 5.69 Å². The molecule has 0 unspecified atom stereocenters. The lowest BCUT2D eigenvalue weighted by atomic mass is 10.1. The van der Waals surface area contributed by atoms with Gasteiger partial charge in [-0.05, 0) is 61.0 Å². The lowest BCUT2D eigenvalue weighted by Gasteiger charge is -2.03. The van der Waals surface area contributed by atoms with Gasteiger partial charge in [0.15, 0.2) is 5.17 Å². The van der Waals surface area contributed by atoms with Crippen LogP contribution in [0.15, 0.2) is 65.0 Å². The molecule has 1 amide bonds. The molecule has 5 heteroatoms. The molecule has 0 saturated carbocycles. The molecule has 0 aliphatic carbocycles. The monoisotopic (exact) mass is 364 g/mol. The molecule has 1 aliphatic heterocycles. The molecule has 2 aromatic rings. The highest BCUT2D eigenvalue weighted by Gasteiger charge is 2.23. The second kappa shape index (κ2) is 8.06. The molecular weight excluding hydrogens is 344 g/mol. The van der Waals surface area contributed by atoms with Crippen molar-refractivity contribution >= 4 is 34.6 Å². The summed E-state index contributed by atoms with van der Waals surface area (Å²) in [6.07, 6.45) is 3.55. The Morgan fingerprint density at radius 3 is 2.65 bits per heavy atom. The summed E-state index contributed by atoms with van der Waals surface area (Å²) < 4.78 is 5.46. The molecule has 132 valence electrons. The van der Waals surface area contributed by atoms with Crippen LogP contribution in [0.1, 0.15) is 16.7 Å². The molecule has 26 heavy (non-hydrogen) atoms. The maximum atomic E-state index is 12.2. The summed E-state index contributed by atoms with van der Waals surface area (Å²) in [5, 5.41) is 3.42. The third kappa shape index (κ3) is 4.43. The van der Waals surface area contributed by atoms with Crippen LogP contribution in [0.3, 0.4) is 0 Å². The van der Waals surface area contributed by atoms with Gasteiger partial charge >= 0.3 is 0 Å². The van der Waals surface area contributed by atoms with Crippen LogP contribution in [0.25, 0.3) is 6.08 Å². The lowest BCUT2D eigenvalue weighted by Crippen LogP contribution is -2.19. The average Bonchev–Trinajstić information content (AvgIpc) is 2.96. The van der Waals surface area contributed by atoms with E-state index in [1.807, 2.05) is 56.3 Å². The van der Waals surface area contributed by atoms with Crippen molar-refractivity contribution in [3.63, 3.8) is 0 Å². The van der Waals surface area contributed by atoms with Crippen molar-refractivity contribution in [1.29, 1.82) is 0 Å². The molecule has 1 aliphatic rings. The number of amidine groups is 1. The van der Waals surface area contributed by atoms with Crippen LogP contribution in [-0.2, 0) is 4.79 Å². The zero-order valence-electron chi connectivity index (χ0n) is 14.8. The van der Waals surface area contributed by atoms with E-state index in [0.29, 0.717) is 16.7 Å². The van der Waals surface area contributed by atoms with Crippen molar-refractivity contribution in [2.75, 3.05) is 6.61 Å². The van der Waals surface area contributed by atoms with Gasteiger partial charge in [0.2, 0.25) is 0 Å². The molecule has 0 atom stereocenters. The van der Waals surface area contributed by atoms with E-state index in [0.717, 1.165) is 22.6 Å². The zero-order valence-corrected chi connectivity index (χ0v) is 15.6. The van der Waals surface area contributed by atoms with E-state index in [1.54, 1.807) is 6.08 Å². The lowest BCUT2D eigenvalue weighted by molar-refractivity contribution is -0.115. The van der Waals surface area contributed by atoms with E-state index in [4.69, 9.17) is 4.74 Å². The minimum atomic E-state index is -0.134. The van der Waals surface area contributed by atoms with E-state index in [-0.39, 0.29) is 5.91 Å². The SMILES string of the molecule is C=CCOc1ccc(/C=C2/SC(=Nc3ccc(C)cc3C)NC2=O)cc1. The van der Waals surface area contributed by atoms with Crippen molar-refractivity contribution < 1.29 is 9.53 Å². The summed E-state index contributed by atoms with van der Waals surface area (Å²) in [7, 11) is 0. The van der Waals surface area contributed by atoms with Crippen LogP contribution in [-0.4, -0.2) is 17.7 Å². The van der Waals surface area contributed by atoms with E-state index in [9.17, 15) is 4.79 Å². The molecule has 0 aromatic heterocycles. The first kappa shape index (κ1) is 18.0. The highest BCUT2D eigenvalue weighted by atomic mass is 32.2. The predicted octanol–water partition coefficient (Wildman–Crippen LogP) is 4.76. The zero-order chi connectivity index (χ0) is 18.5. The number of nitrogens with zero attached hydrogens (tertiary/aromatic N) is 1. The minimum absolute atomic E-state index is 0.134. The van der Waals surface area contributed by atoms with Crippen molar-refractivity contribution in [3.8, 4) is 5.75 Å². The van der Waals surface area contributed by atoms with E-state index < -0.39 is 0 Å². The highest BCUT2D eigenvalue weighted by molar-refractivity contribution is 8.18. The van der Waals surface area contributed by atoms with Gasteiger partial charge in [-0.1, -0.05) is 42.5 Å². The summed E-state index contributed by atoms with van der Waals surface area (Å²) in [5.41, 5.74) is 4.07. The summed E-state index contributed by atoms with van der Waals surface area (Å²) in [6.45, 7) is 8.15. The molecule has 1 saturated heterocycles. The van der Waals surface area contributed by atoms with Crippen LogP contribution >= 0.6 is 11.8 Å². The van der Waals surface area contributed by atoms with Gasteiger partial charge < -0.3 is 10.1 Å². The van der Waals surface area contributed by atoms with Crippen molar-refractivity contribution in [2.24, 2.45) is 4.99 Å². The van der Waals surface area contributed by atoms with Gasteiger partial charge in [-0.25, -0.2) is 4.99 Å². The van der Waals surface area contributed by atoms with Crippen LogP contribution < -0.4 is 10.1 Å². The number of hydrogen-bond donors (Lipinski definition) is 1. The number of carbonyl (C=O) groups excluding carboxylic acids is 1. The van der Waals surface area contributed by atoms with Crippen molar-refractivity contribution in [1.82, 2.24) is 5.32 Å². The van der Waals surface area contributed by atoms with Gasteiger partial charge in [0.1, 0.15) is 12.4 Å². The Labute approximate surface area is 157 Å². The quantitative estimate of drug-likeness (QED) is 0.615. The number of aryl methyl sites for hydroxylation is 2. The maximum Gasteiger partial charge on any atom is 0.264 e. The van der Waals surface area contributed by atoms with Gasteiger partial charge in [-0.15, -0.1) is 0 Å². The van der Waals surface area contributed by atoms with Crippen molar-refractivity contribution in [2.45, 2.75) is 13.8 Å². The van der Waals surface area contributed by atoms with E-state index in [2.05, 4.69) is 23.0 Å². The summed E-state index contributed by atoms with van der Waals surface area (Å²) in [4.78, 5) is 17.4. The molecule has 2 aromatic carbocycles. The van der Waals surface area contributed by atoms with Gasteiger partial charge in [-0.3, -0.25) is 4.79 Å². The Bertz CT molecular complexity index is 899. The number of thioether (sulfide) groups is 1. The molecule has 0 radical (unpaired) electrons. The number of hydrogen-bond acceptors (Lipinski definition) is 4. The predicted molar refractivity (Wildman–Crippen MR) is 109 cm³/mol. The smallest absolute Gasteiger partial charge is 0.264 e. The number of aliphatic imine (C=N–C) groups is 1. The van der Waals surface area contributed by atoms with Gasteiger partial charge in [-0.2, -0.15) is 0 Å². The summed E-state index contributed by atoms with van der Waals surface area (Å²) in [6, 6.07) is 13.6. The Balaban J connectivity index is 1.75. The largest absolute Gasteiger partial charge is 0.490 e. The number of ether oxygens (including phenoxy) is 1. The molecule has 3 rings (SSSR count). The molecule has 1 N–H and O–H groups in total. The number of nitrogens with one attached hydrogen (secondary N) is 1. The fraction of sp³-hybridized carbons (Fsp3) is 0.143. The third-order valence-corrected chi connectivity index (χ3v) is 4.68. The van der Waals surface area contributed by atoms with Crippen molar-refractivity contribution in [3.05, 3.63) is 76.7 Å². The van der Waals surface area contributed by atoms with Gasteiger partial charge in [0.25, 0.3) is 5.91 Å². The topological polar surface area (TPSA) is 50.7 Å². The summed E-state index contributed by atoms with van der Waals surface area (Å²) in [5.74, 6) is 0.637. The summed E-state index contributed by atoms with van der Waals surface area (Å²) >= 11 is 1.35. The second-order valence-electron chi connectivity index (χ2n) is 5.94. The molecule has 0 spiro atoms. The fourth-order valence-electron chi connectivity index (χ4n) is 2.49. The number of rotatable bonds is 5. The Hall–Kier alpha value is -2.79. The molecule has 0 bridgehead atoms. The first-order chi connectivity index (χ1) is 12.5. The van der Waals surface area contributed by atoms with Crippen LogP contribution in [0, 0.1) is 13.8 Å². The molecule has 1 heterocycles. The standard InChI is InChI=1S/C21H20N2O2S/c1-4-11-25-17-8-6-16(7-9-17)13-19-20(24)23-21(26-19)22-18-10-5-14(2)12-15(18)3/h4-10,12-13H,1,11H2,2-3H3,(H,22,23,24)/b19-13+. The second-order valence-corrected chi connectivity index (χ2v) is 6.97. The first-order valence-corrected chi connectivity index (χ1v) is 9.07. The molecule has 1 fully saturated rings. The Morgan fingerprint density at radius 1 is 1.19 bits per heavy atom. The minimum Gasteiger partial charge on any atom is -0.490 e. The number of benzene rings is 2. The van der Waals surface area contributed by atoms with Crippen LogP contribution in [0.2, 0.25) is 0 Å². The highest BCUT2D eigenvalue weighted by Crippen LogP contribution is 2.29. The molecular formula is C21H20N2O2S. The normalized spacial score (nSPS) is 16.8.